The maximum atomic E-state index is 2.72. The van der Waals surface area contributed by atoms with E-state index in [1.807, 2.05) is 0 Å². The van der Waals surface area contributed by atoms with Crippen molar-refractivity contribution >= 4 is 55.1 Å². The minimum Gasteiger partial charge on any atom is -0.313 e. The Morgan fingerprint density at radius 2 is 1.07 bits per heavy atom. The molecule has 3 aliphatic carbocycles. The Labute approximate surface area is 432 Å². The van der Waals surface area contributed by atoms with Crippen LogP contribution in [0.5, 0.6) is 0 Å². The number of para-hydroxylation sites is 2. The lowest BCUT2D eigenvalue weighted by atomic mass is 9.47. The van der Waals surface area contributed by atoms with E-state index in [1.54, 1.807) is 0 Å². The van der Waals surface area contributed by atoms with Crippen LogP contribution in [-0.2, 0) is 10.8 Å². The molecule has 4 aliphatic rings. The lowest BCUT2D eigenvalue weighted by Gasteiger charge is -2.57. The van der Waals surface area contributed by atoms with Gasteiger partial charge in [-0.3, -0.25) is 0 Å². The predicted molar refractivity (Wildman–Crippen MR) is 309 cm³/mol. The summed E-state index contributed by atoms with van der Waals surface area (Å²) in [4.78, 5) is 2.62. The van der Waals surface area contributed by atoms with Gasteiger partial charge in [0.1, 0.15) is 0 Å². The van der Waals surface area contributed by atoms with Crippen molar-refractivity contribution in [2.75, 3.05) is 4.90 Å². The Hall–Kier alpha value is -8.98. The summed E-state index contributed by atoms with van der Waals surface area (Å²) >= 11 is 0. The first-order valence-electron chi connectivity index (χ1n) is 26.2. The van der Waals surface area contributed by atoms with E-state index in [1.165, 1.54) is 105 Å². The topological polar surface area (TPSA) is 8.17 Å². The van der Waals surface area contributed by atoms with Crippen molar-refractivity contribution in [2.45, 2.75) is 24.7 Å². The molecule has 10 aromatic carbocycles. The van der Waals surface area contributed by atoms with Crippen LogP contribution in [0.3, 0.4) is 0 Å². The van der Waals surface area contributed by atoms with E-state index in [0.717, 1.165) is 11.4 Å². The number of aromatic nitrogens is 1. The fourth-order valence-corrected chi connectivity index (χ4v) is 14.2. The number of nitrogens with zero attached hydrogens (tertiary/aromatic N) is 2. The largest absolute Gasteiger partial charge is 0.313 e. The van der Waals surface area contributed by atoms with Crippen LogP contribution in [0.2, 0.25) is 0 Å². The summed E-state index contributed by atoms with van der Waals surface area (Å²) in [7, 11) is 0. The van der Waals surface area contributed by atoms with Crippen molar-refractivity contribution in [3.05, 3.63) is 318 Å². The molecule has 0 radical (unpaired) electrons. The number of hydrogen-bond donors (Lipinski definition) is 0. The third kappa shape index (κ3) is 5.77. The summed E-state index contributed by atoms with van der Waals surface area (Å²) < 4.78 is 2.51. The Morgan fingerprint density at radius 3 is 1.84 bits per heavy atom. The molecule has 3 unspecified atom stereocenters. The third-order valence-corrected chi connectivity index (χ3v) is 17.6. The van der Waals surface area contributed by atoms with E-state index < -0.39 is 16.2 Å². The van der Waals surface area contributed by atoms with Crippen LogP contribution in [0, 0.1) is 11.3 Å². The summed E-state index contributed by atoms with van der Waals surface area (Å²) in [6.07, 6.45) is 10.4. The third-order valence-electron chi connectivity index (χ3n) is 17.6. The highest BCUT2D eigenvalue weighted by molar-refractivity contribution is 6.10. The van der Waals surface area contributed by atoms with Gasteiger partial charge in [0.25, 0.3) is 0 Å². The molecule has 1 spiro atoms. The number of benzene rings is 10. The van der Waals surface area contributed by atoms with Crippen LogP contribution in [-0.4, -0.2) is 4.57 Å². The summed E-state index contributed by atoms with van der Waals surface area (Å²) in [5, 5.41) is 4.98. The minimum atomic E-state index is -0.628. The molecule has 1 aliphatic heterocycles. The molecule has 0 saturated carbocycles. The highest BCUT2D eigenvalue weighted by Crippen LogP contribution is 2.71. The maximum Gasteiger partial charge on any atom is 0.0711 e. The van der Waals surface area contributed by atoms with Crippen LogP contribution in [0.4, 0.5) is 11.4 Å². The van der Waals surface area contributed by atoms with Gasteiger partial charge in [-0.05, 0) is 115 Å². The lowest BCUT2D eigenvalue weighted by molar-refractivity contribution is 0.246. The van der Waals surface area contributed by atoms with Crippen LogP contribution in [0.1, 0.15) is 47.2 Å². The zero-order valence-electron chi connectivity index (χ0n) is 41.5. The number of fused-ring (bicyclic) bond motifs is 9. The zero-order chi connectivity index (χ0) is 49.2. The molecule has 11 aromatic rings. The zero-order valence-corrected chi connectivity index (χ0v) is 41.5. The van der Waals surface area contributed by atoms with E-state index in [9.17, 15) is 0 Å². The normalized spacial score (nSPS) is 20.1. The van der Waals surface area contributed by atoms with Gasteiger partial charge in [-0.2, -0.15) is 0 Å². The summed E-state index contributed by atoms with van der Waals surface area (Å²) in [6.45, 7) is 5.07. The number of hydrogen-bond acceptors (Lipinski definition) is 1. The van der Waals surface area contributed by atoms with Crippen molar-refractivity contribution < 1.29 is 0 Å². The molecular formula is C72H52N2. The standard InChI is InChI=1S/C72H52N2/c1-48-67-46-64-69(62-30-14-17-31-63(62)72(64,54-24-8-4-9-25-54)55-26-10-5-11-27-55)71(48)47-53(59-28-15-18-32-65(59)73(67)57-38-34-51(35-39-57)49-20-6-3-7-21-49)42-43-70(71,2)56-37-41-61-60-29-16-19-33-66(60)74(68(61)45-56)58-40-36-50-22-12-13-23-52(50)44-58/h3-48H,1-2H3. The van der Waals surface area contributed by atoms with E-state index in [-0.39, 0.29) is 5.92 Å². The van der Waals surface area contributed by atoms with Gasteiger partial charge in [-0.15, -0.1) is 0 Å². The molecular weight excluding hydrogens is 893 g/mol. The Morgan fingerprint density at radius 1 is 0.459 bits per heavy atom. The van der Waals surface area contributed by atoms with Gasteiger partial charge < -0.3 is 9.47 Å². The molecule has 0 amide bonds. The average Bonchev–Trinajstić information content (AvgIpc) is 4.16. The quantitative estimate of drug-likeness (QED) is 0.161. The van der Waals surface area contributed by atoms with Crippen LogP contribution < -0.4 is 4.90 Å². The van der Waals surface area contributed by atoms with E-state index in [0.29, 0.717) is 0 Å². The molecule has 2 heteroatoms. The highest BCUT2D eigenvalue weighted by atomic mass is 15.2. The van der Waals surface area contributed by atoms with Gasteiger partial charge in [0.15, 0.2) is 0 Å². The SMILES string of the molecule is CC1C2=CC3=C(c4ccccc4C3(c3ccccc3)c3ccccc3)C13C=C(C=CC3(C)c1ccc3c4ccccc4n(-c4ccc5ccccc5c4)c3c1)c1ccccc1N2c1ccc(-c2ccccc2)cc1. The molecule has 1 aromatic heterocycles. The Balaban J connectivity index is 1.06. The highest BCUT2D eigenvalue weighted by Gasteiger charge is 2.63. The molecule has 0 fully saturated rings. The van der Waals surface area contributed by atoms with Gasteiger partial charge in [-0.1, -0.05) is 238 Å². The molecule has 74 heavy (non-hydrogen) atoms. The van der Waals surface area contributed by atoms with Gasteiger partial charge in [0.05, 0.1) is 22.1 Å². The van der Waals surface area contributed by atoms with Crippen molar-refractivity contribution in [2.24, 2.45) is 11.3 Å². The molecule has 0 N–H and O–H groups in total. The number of allylic oxidation sites excluding steroid dienone is 8. The minimum absolute atomic E-state index is 0.0224. The van der Waals surface area contributed by atoms with E-state index in [2.05, 4.69) is 296 Å². The first-order valence-corrected chi connectivity index (χ1v) is 26.2. The average molecular weight is 945 g/mol. The number of rotatable bonds is 6. The summed E-state index contributed by atoms with van der Waals surface area (Å²) in [5.41, 5.74) is 19.4. The van der Waals surface area contributed by atoms with Gasteiger partial charge in [0.2, 0.25) is 0 Å². The van der Waals surface area contributed by atoms with Crippen LogP contribution in [0.15, 0.2) is 284 Å². The second kappa shape index (κ2) is 16.0. The van der Waals surface area contributed by atoms with Crippen molar-refractivity contribution in [3.8, 4) is 16.8 Å². The van der Waals surface area contributed by atoms with Crippen molar-refractivity contribution in [3.63, 3.8) is 0 Å². The number of anilines is 2. The molecule has 3 bridgehead atoms. The lowest BCUT2D eigenvalue weighted by Crippen LogP contribution is -2.52. The molecule has 3 atom stereocenters. The van der Waals surface area contributed by atoms with Crippen molar-refractivity contribution in [1.82, 2.24) is 4.57 Å². The maximum absolute atomic E-state index is 2.72. The fraction of sp³-hybridized carbons (Fsp3) is 0.0833. The fourth-order valence-electron chi connectivity index (χ4n) is 14.2. The van der Waals surface area contributed by atoms with Crippen LogP contribution >= 0.6 is 0 Å². The monoisotopic (exact) mass is 944 g/mol. The Bertz CT molecular complexity index is 4170. The van der Waals surface area contributed by atoms with Gasteiger partial charge >= 0.3 is 0 Å². The van der Waals surface area contributed by atoms with E-state index in [4.69, 9.17) is 0 Å². The summed E-state index contributed by atoms with van der Waals surface area (Å²) in [6, 6.07) is 93.1. The molecule has 0 saturated heterocycles. The molecule has 15 rings (SSSR count). The molecule has 2 nitrogen and oxygen atoms in total. The van der Waals surface area contributed by atoms with E-state index >= 15 is 0 Å². The summed E-state index contributed by atoms with van der Waals surface area (Å²) in [5.74, 6) is -0.0224. The Kier molecular flexibility index (Phi) is 9.23. The second-order valence-corrected chi connectivity index (χ2v) is 21.0. The van der Waals surface area contributed by atoms with Gasteiger partial charge in [0, 0.05) is 50.2 Å². The van der Waals surface area contributed by atoms with Gasteiger partial charge in [-0.25, -0.2) is 0 Å². The van der Waals surface area contributed by atoms with Crippen LogP contribution in [0.25, 0.3) is 60.5 Å². The first-order chi connectivity index (χ1) is 36.5. The van der Waals surface area contributed by atoms with Crippen molar-refractivity contribution in [1.29, 1.82) is 0 Å². The smallest absolute Gasteiger partial charge is 0.0711 e. The second-order valence-electron chi connectivity index (χ2n) is 21.0. The molecule has 350 valence electrons. The molecule has 2 heterocycles. The predicted octanol–water partition coefficient (Wildman–Crippen LogP) is 18.0. The first kappa shape index (κ1) is 42.7.